The van der Waals surface area contributed by atoms with Crippen LogP contribution < -0.4 is 5.32 Å². The molecule has 0 saturated heterocycles. The highest BCUT2D eigenvalue weighted by Gasteiger charge is 2.08. The molecule has 2 heterocycles. The molecule has 0 aliphatic rings. The van der Waals surface area contributed by atoms with E-state index in [1.807, 2.05) is 12.1 Å². The Kier molecular flexibility index (Phi) is 7.32. The number of nitrogens with one attached hydrogen (secondary N) is 1. The Morgan fingerprint density at radius 3 is 2.86 bits per heavy atom. The second kappa shape index (κ2) is 9.53. The molecule has 1 N–H and O–H groups in total. The predicted molar refractivity (Wildman–Crippen MR) is 92.2 cm³/mol. The second-order valence-electron chi connectivity index (χ2n) is 4.85. The highest BCUT2D eigenvalue weighted by Crippen LogP contribution is 2.18. The predicted octanol–water partition coefficient (Wildman–Crippen LogP) is 3.54. The van der Waals surface area contributed by atoms with E-state index < -0.39 is 0 Å². The van der Waals surface area contributed by atoms with Crippen LogP contribution in [0.15, 0.2) is 24.5 Å². The minimum atomic E-state index is -0.0321. The molecule has 1 amide bonds. The quantitative estimate of drug-likeness (QED) is 0.709. The summed E-state index contributed by atoms with van der Waals surface area (Å²) in [4.78, 5) is 15.8. The van der Waals surface area contributed by atoms with E-state index in [1.165, 1.54) is 29.7 Å². The van der Waals surface area contributed by atoms with Crippen molar-refractivity contribution in [3.8, 4) is 0 Å². The summed E-state index contributed by atoms with van der Waals surface area (Å²) < 4.78 is 0. The van der Waals surface area contributed by atoms with E-state index in [4.69, 9.17) is 0 Å². The van der Waals surface area contributed by atoms with Crippen molar-refractivity contribution >= 4 is 34.1 Å². The first-order chi connectivity index (χ1) is 10.8. The number of pyridine rings is 1. The fourth-order valence-electron chi connectivity index (χ4n) is 1.83. The van der Waals surface area contributed by atoms with Crippen molar-refractivity contribution in [2.45, 2.75) is 38.4 Å². The molecule has 2 rings (SSSR count). The highest BCUT2D eigenvalue weighted by atomic mass is 32.2. The fourth-order valence-corrected chi connectivity index (χ4v) is 3.41. The number of carbonyl (C=O) groups is 1. The first kappa shape index (κ1) is 16.9. The second-order valence-corrected chi connectivity index (χ2v) is 6.90. The van der Waals surface area contributed by atoms with E-state index >= 15 is 0 Å². The van der Waals surface area contributed by atoms with Crippen LogP contribution in [0.5, 0.6) is 0 Å². The van der Waals surface area contributed by atoms with Gasteiger partial charge in [0.2, 0.25) is 11.0 Å². The molecule has 0 aliphatic carbocycles. The minimum Gasteiger partial charge on any atom is -0.300 e. The van der Waals surface area contributed by atoms with E-state index in [9.17, 15) is 4.79 Å². The van der Waals surface area contributed by atoms with Gasteiger partial charge in [-0.2, -0.15) is 0 Å². The summed E-state index contributed by atoms with van der Waals surface area (Å²) in [6.07, 6.45) is 7.98. The molecule has 0 spiro atoms. The molecule has 5 nitrogen and oxygen atoms in total. The maximum absolute atomic E-state index is 11.9. The van der Waals surface area contributed by atoms with Crippen LogP contribution in [-0.4, -0.2) is 26.8 Å². The number of hydrogen-bond donors (Lipinski definition) is 1. The molecule has 0 saturated carbocycles. The van der Waals surface area contributed by atoms with Crippen molar-refractivity contribution < 1.29 is 4.79 Å². The number of thioether (sulfide) groups is 1. The minimum absolute atomic E-state index is 0.0321. The standard InChI is InChI=1S/C15H20N4OS2/c1-2-3-4-5-14-18-19-15(22-14)17-13(20)11-21-10-12-6-8-16-9-7-12/h6-9H,2-5,10-11H2,1H3,(H,17,19,20). The molecule has 0 atom stereocenters. The maximum atomic E-state index is 11.9. The first-order valence-corrected chi connectivity index (χ1v) is 9.34. The number of aryl methyl sites for hydroxylation is 1. The molecule has 0 fully saturated rings. The summed E-state index contributed by atoms with van der Waals surface area (Å²) in [7, 11) is 0. The zero-order valence-electron chi connectivity index (χ0n) is 12.6. The first-order valence-electron chi connectivity index (χ1n) is 7.37. The van der Waals surface area contributed by atoms with Gasteiger partial charge in [-0.05, 0) is 24.1 Å². The third-order valence-corrected chi connectivity index (χ3v) is 4.86. The van der Waals surface area contributed by atoms with Crippen LogP contribution in [0.2, 0.25) is 0 Å². The number of carbonyl (C=O) groups excluding carboxylic acids is 1. The van der Waals surface area contributed by atoms with E-state index in [2.05, 4.69) is 27.4 Å². The molecule has 2 aromatic heterocycles. The number of aromatic nitrogens is 3. The summed E-state index contributed by atoms with van der Waals surface area (Å²) >= 11 is 3.04. The lowest BCUT2D eigenvalue weighted by Crippen LogP contribution is -2.13. The van der Waals surface area contributed by atoms with Gasteiger partial charge in [-0.1, -0.05) is 31.1 Å². The molecule has 0 aromatic carbocycles. The summed E-state index contributed by atoms with van der Waals surface area (Å²) in [5, 5.41) is 12.5. The number of rotatable bonds is 9. The van der Waals surface area contributed by atoms with Crippen molar-refractivity contribution in [1.82, 2.24) is 15.2 Å². The fraction of sp³-hybridized carbons (Fsp3) is 0.467. The van der Waals surface area contributed by atoms with Gasteiger partial charge in [0.05, 0.1) is 5.75 Å². The van der Waals surface area contributed by atoms with Crippen LogP contribution in [-0.2, 0) is 17.0 Å². The number of unbranched alkanes of at least 4 members (excludes halogenated alkanes) is 2. The Morgan fingerprint density at radius 2 is 2.09 bits per heavy atom. The maximum Gasteiger partial charge on any atom is 0.236 e. The Hall–Kier alpha value is -1.47. The van der Waals surface area contributed by atoms with E-state index in [1.54, 1.807) is 24.2 Å². The van der Waals surface area contributed by atoms with Gasteiger partial charge in [-0.15, -0.1) is 22.0 Å². The van der Waals surface area contributed by atoms with Crippen LogP contribution in [0.4, 0.5) is 5.13 Å². The molecule has 0 aliphatic heterocycles. The van der Waals surface area contributed by atoms with Crippen LogP contribution >= 0.6 is 23.1 Å². The Bertz CT molecular complexity index is 574. The van der Waals surface area contributed by atoms with Crippen LogP contribution in [0.25, 0.3) is 0 Å². The number of hydrogen-bond acceptors (Lipinski definition) is 6. The molecule has 0 bridgehead atoms. The Morgan fingerprint density at radius 1 is 1.27 bits per heavy atom. The van der Waals surface area contributed by atoms with Gasteiger partial charge in [0.15, 0.2) is 0 Å². The largest absolute Gasteiger partial charge is 0.300 e. The molecular weight excluding hydrogens is 316 g/mol. The normalized spacial score (nSPS) is 10.6. The van der Waals surface area contributed by atoms with Gasteiger partial charge in [0.25, 0.3) is 0 Å². The third-order valence-electron chi connectivity index (χ3n) is 2.96. The van der Waals surface area contributed by atoms with E-state index in [0.29, 0.717) is 10.9 Å². The Balaban J connectivity index is 1.68. The van der Waals surface area contributed by atoms with Crippen molar-refractivity contribution in [3.63, 3.8) is 0 Å². The lowest BCUT2D eigenvalue weighted by atomic mass is 10.2. The highest BCUT2D eigenvalue weighted by molar-refractivity contribution is 7.99. The average molecular weight is 336 g/mol. The zero-order valence-corrected chi connectivity index (χ0v) is 14.3. The lowest BCUT2D eigenvalue weighted by Gasteiger charge is -2.01. The summed E-state index contributed by atoms with van der Waals surface area (Å²) in [6.45, 7) is 2.18. The SMILES string of the molecule is CCCCCc1nnc(NC(=O)CSCc2ccncc2)s1. The molecule has 118 valence electrons. The molecule has 22 heavy (non-hydrogen) atoms. The van der Waals surface area contributed by atoms with Gasteiger partial charge in [-0.25, -0.2) is 0 Å². The van der Waals surface area contributed by atoms with Gasteiger partial charge in [-0.3, -0.25) is 15.1 Å². The summed E-state index contributed by atoms with van der Waals surface area (Å²) in [5.74, 6) is 1.18. The van der Waals surface area contributed by atoms with Gasteiger partial charge in [0.1, 0.15) is 5.01 Å². The van der Waals surface area contributed by atoms with E-state index in [-0.39, 0.29) is 5.91 Å². The average Bonchev–Trinajstić information content (AvgIpc) is 2.96. The molecule has 7 heteroatoms. The number of anilines is 1. The van der Waals surface area contributed by atoms with E-state index in [0.717, 1.165) is 23.6 Å². The van der Waals surface area contributed by atoms with Gasteiger partial charge >= 0.3 is 0 Å². The van der Waals surface area contributed by atoms with Crippen LogP contribution in [0.1, 0.15) is 36.8 Å². The van der Waals surface area contributed by atoms with Crippen molar-refractivity contribution in [2.24, 2.45) is 0 Å². The monoisotopic (exact) mass is 336 g/mol. The Labute approximate surface area is 139 Å². The topological polar surface area (TPSA) is 67.8 Å². The van der Waals surface area contributed by atoms with Crippen LogP contribution in [0.3, 0.4) is 0 Å². The smallest absolute Gasteiger partial charge is 0.236 e. The summed E-state index contributed by atoms with van der Waals surface area (Å²) in [6, 6.07) is 3.91. The van der Waals surface area contributed by atoms with Crippen molar-refractivity contribution in [2.75, 3.05) is 11.1 Å². The lowest BCUT2D eigenvalue weighted by molar-refractivity contribution is -0.113. The zero-order chi connectivity index (χ0) is 15.6. The molecule has 0 unspecified atom stereocenters. The molecule has 0 radical (unpaired) electrons. The van der Waals surface area contributed by atoms with Crippen molar-refractivity contribution in [1.29, 1.82) is 0 Å². The molecular formula is C15H20N4OS2. The van der Waals surface area contributed by atoms with Crippen LogP contribution in [0, 0.1) is 0 Å². The molecule has 2 aromatic rings. The van der Waals surface area contributed by atoms with Crippen molar-refractivity contribution in [3.05, 3.63) is 35.1 Å². The van der Waals surface area contributed by atoms with Gasteiger partial charge < -0.3 is 0 Å². The van der Waals surface area contributed by atoms with Gasteiger partial charge in [0, 0.05) is 24.6 Å². The number of nitrogens with zero attached hydrogens (tertiary/aromatic N) is 3. The number of amides is 1. The third kappa shape index (κ3) is 6.11. The summed E-state index contributed by atoms with van der Waals surface area (Å²) in [5.41, 5.74) is 1.17.